The van der Waals surface area contributed by atoms with Crippen LogP contribution in [0.2, 0.25) is 0 Å². The average Bonchev–Trinajstić information content (AvgIpc) is 2.53. The Morgan fingerprint density at radius 1 is 1.29 bits per heavy atom. The zero-order valence-corrected chi connectivity index (χ0v) is 12.2. The molecule has 0 saturated carbocycles. The second kappa shape index (κ2) is 6.73. The molecule has 1 aromatic carbocycles. The SMILES string of the molecule is COc1cc([C@@H](N)C2CCOCC2)c([N+](=O)[O-])cc1OC. The first-order chi connectivity index (χ1) is 10.1. The summed E-state index contributed by atoms with van der Waals surface area (Å²) in [5.41, 5.74) is 6.71. The van der Waals surface area contributed by atoms with Crippen molar-refractivity contribution in [2.75, 3.05) is 27.4 Å². The van der Waals surface area contributed by atoms with Gasteiger partial charge in [-0.1, -0.05) is 0 Å². The molecule has 0 amide bonds. The molecule has 1 aliphatic rings. The number of benzene rings is 1. The summed E-state index contributed by atoms with van der Waals surface area (Å²) in [6.07, 6.45) is 1.60. The van der Waals surface area contributed by atoms with Crippen LogP contribution in [0.25, 0.3) is 0 Å². The molecule has 1 aliphatic heterocycles. The van der Waals surface area contributed by atoms with E-state index in [1.807, 2.05) is 0 Å². The van der Waals surface area contributed by atoms with Gasteiger partial charge in [0.05, 0.1) is 30.8 Å². The minimum Gasteiger partial charge on any atom is -0.493 e. The molecule has 116 valence electrons. The summed E-state index contributed by atoms with van der Waals surface area (Å²) in [7, 11) is 2.94. The topological polar surface area (TPSA) is 96.9 Å². The van der Waals surface area contributed by atoms with E-state index in [1.54, 1.807) is 6.07 Å². The summed E-state index contributed by atoms with van der Waals surface area (Å²) >= 11 is 0. The Balaban J connectivity index is 2.41. The third-order valence-electron chi connectivity index (χ3n) is 3.86. The Hall–Kier alpha value is -1.86. The summed E-state index contributed by atoms with van der Waals surface area (Å²) in [6, 6.07) is 2.55. The van der Waals surface area contributed by atoms with Crippen LogP contribution < -0.4 is 15.2 Å². The highest BCUT2D eigenvalue weighted by atomic mass is 16.6. The molecule has 1 saturated heterocycles. The maximum Gasteiger partial charge on any atom is 0.278 e. The standard InChI is InChI=1S/C14H20N2O5/c1-19-12-7-10(11(16(17)18)8-13(12)20-2)14(15)9-3-5-21-6-4-9/h7-9,14H,3-6,15H2,1-2H3/t14-/m0/s1. The first kappa shape index (κ1) is 15.5. The van der Waals surface area contributed by atoms with Crippen LogP contribution in [0.5, 0.6) is 11.5 Å². The third-order valence-corrected chi connectivity index (χ3v) is 3.86. The van der Waals surface area contributed by atoms with Gasteiger partial charge in [-0.25, -0.2) is 0 Å². The Morgan fingerprint density at radius 2 is 1.86 bits per heavy atom. The fourth-order valence-electron chi connectivity index (χ4n) is 2.64. The minimum atomic E-state index is -0.434. The van der Waals surface area contributed by atoms with E-state index in [2.05, 4.69) is 0 Å². The number of nitro groups is 1. The smallest absolute Gasteiger partial charge is 0.278 e. The van der Waals surface area contributed by atoms with E-state index in [9.17, 15) is 10.1 Å². The molecule has 0 aromatic heterocycles. The predicted molar refractivity (Wildman–Crippen MR) is 76.7 cm³/mol. The van der Waals surface area contributed by atoms with Crippen molar-refractivity contribution in [1.82, 2.24) is 0 Å². The number of methoxy groups -OCH3 is 2. The predicted octanol–water partition coefficient (Wildman–Crippen LogP) is 2.04. The number of hydrogen-bond donors (Lipinski definition) is 1. The van der Waals surface area contributed by atoms with E-state index in [0.717, 1.165) is 12.8 Å². The van der Waals surface area contributed by atoms with Gasteiger partial charge in [0.25, 0.3) is 5.69 Å². The summed E-state index contributed by atoms with van der Waals surface area (Å²) in [6.45, 7) is 1.28. The van der Waals surface area contributed by atoms with Gasteiger partial charge in [-0.2, -0.15) is 0 Å². The van der Waals surface area contributed by atoms with Gasteiger partial charge in [0.1, 0.15) is 0 Å². The lowest BCUT2D eigenvalue weighted by molar-refractivity contribution is -0.385. The fraction of sp³-hybridized carbons (Fsp3) is 0.571. The summed E-state index contributed by atoms with van der Waals surface area (Å²) in [4.78, 5) is 10.9. The van der Waals surface area contributed by atoms with Crippen molar-refractivity contribution in [3.8, 4) is 11.5 Å². The van der Waals surface area contributed by atoms with Gasteiger partial charge in [0.15, 0.2) is 11.5 Å². The van der Waals surface area contributed by atoms with Crippen LogP contribution in [-0.2, 0) is 4.74 Å². The summed E-state index contributed by atoms with van der Waals surface area (Å²) in [5, 5.41) is 11.3. The zero-order valence-electron chi connectivity index (χ0n) is 12.2. The molecule has 0 aliphatic carbocycles. The molecular formula is C14H20N2O5. The first-order valence-corrected chi connectivity index (χ1v) is 6.82. The molecular weight excluding hydrogens is 276 g/mol. The van der Waals surface area contributed by atoms with Crippen molar-refractivity contribution >= 4 is 5.69 Å². The van der Waals surface area contributed by atoms with Crippen molar-refractivity contribution in [3.05, 3.63) is 27.8 Å². The van der Waals surface area contributed by atoms with Gasteiger partial charge in [-0.3, -0.25) is 10.1 Å². The molecule has 2 rings (SSSR count). The normalized spacial score (nSPS) is 17.3. The lowest BCUT2D eigenvalue weighted by Gasteiger charge is -2.28. The van der Waals surface area contributed by atoms with Crippen LogP contribution in [0.4, 0.5) is 5.69 Å². The highest BCUT2D eigenvalue weighted by Gasteiger charge is 2.29. The van der Waals surface area contributed by atoms with Crippen LogP contribution in [0, 0.1) is 16.0 Å². The van der Waals surface area contributed by atoms with Crippen LogP contribution in [-0.4, -0.2) is 32.4 Å². The van der Waals surface area contributed by atoms with Gasteiger partial charge in [-0.05, 0) is 24.8 Å². The van der Waals surface area contributed by atoms with Gasteiger partial charge in [0, 0.05) is 19.3 Å². The number of nitrogens with zero attached hydrogens (tertiary/aromatic N) is 1. The molecule has 1 aromatic rings. The van der Waals surface area contributed by atoms with E-state index in [-0.39, 0.29) is 11.6 Å². The maximum atomic E-state index is 11.3. The Labute approximate surface area is 123 Å². The highest BCUT2D eigenvalue weighted by Crippen LogP contribution is 2.40. The molecule has 1 fully saturated rings. The van der Waals surface area contributed by atoms with Crippen molar-refractivity contribution in [2.45, 2.75) is 18.9 Å². The maximum absolute atomic E-state index is 11.3. The van der Waals surface area contributed by atoms with Crippen molar-refractivity contribution in [2.24, 2.45) is 11.7 Å². The van der Waals surface area contributed by atoms with Gasteiger partial charge in [0.2, 0.25) is 0 Å². The third kappa shape index (κ3) is 3.25. The van der Waals surface area contributed by atoms with E-state index >= 15 is 0 Å². The first-order valence-electron chi connectivity index (χ1n) is 6.82. The quantitative estimate of drug-likeness (QED) is 0.659. The van der Waals surface area contributed by atoms with Crippen molar-refractivity contribution in [1.29, 1.82) is 0 Å². The minimum absolute atomic E-state index is 0.0355. The fourth-order valence-corrected chi connectivity index (χ4v) is 2.64. The second-order valence-corrected chi connectivity index (χ2v) is 5.00. The molecule has 0 bridgehead atoms. The highest BCUT2D eigenvalue weighted by molar-refractivity contribution is 5.55. The number of nitro benzene ring substituents is 1. The van der Waals surface area contributed by atoms with Crippen LogP contribution in [0.3, 0.4) is 0 Å². The molecule has 7 nitrogen and oxygen atoms in total. The summed E-state index contributed by atoms with van der Waals surface area (Å²) < 4.78 is 15.6. The molecule has 1 atom stereocenters. The Bertz CT molecular complexity index is 514. The average molecular weight is 296 g/mol. The van der Waals surface area contributed by atoms with Gasteiger partial charge < -0.3 is 19.9 Å². The lowest BCUT2D eigenvalue weighted by Crippen LogP contribution is -2.28. The van der Waals surface area contributed by atoms with Crippen LogP contribution in [0.15, 0.2) is 12.1 Å². The van der Waals surface area contributed by atoms with Crippen molar-refractivity contribution < 1.29 is 19.1 Å². The van der Waals surface area contributed by atoms with E-state index in [4.69, 9.17) is 19.9 Å². The number of ether oxygens (including phenoxy) is 3. The zero-order chi connectivity index (χ0) is 15.4. The Morgan fingerprint density at radius 3 is 2.38 bits per heavy atom. The molecule has 21 heavy (non-hydrogen) atoms. The van der Waals surface area contributed by atoms with Gasteiger partial charge >= 0.3 is 0 Å². The Kier molecular flexibility index (Phi) is 4.98. The molecule has 0 radical (unpaired) electrons. The van der Waals surface area contributed by atoms with E-state index in [0.29, 0.717) is 30.3 Å². The van der Waals surface area contributed by atoms with E-state index in [1.165, 1.54) is 20.3 Å². The number of hydrogen-bond acceptors (Lipinski definition) is 6. The second-order valence-electron chi connectivity index (χ2n) is 5.00. The molecule has 0 unspecified atom stereocenters. The van der Waals surface area contributed by atoms with Crippen LogP contribution >= 0.6 is 0 Å². The number of nitrogens with two attached hydrogens (primary N) is 1. The van der Waals surface area contributed by atoms with Gasteiger partial charge in [-0.15, -0.1) is 0 Å². The molecule has 2 N–H and O–H groups in total. The lowest BCUT2D eigenvalue weighted by atomic mass is 9.87. The van der Waals surface area contributed by atoms with Crippen molar-refractivity contribution in [3.63, 3.8) is 0 Å². The molecule has 0 spiro atoms. The largest absolute Gasteiger partial charge is 0.493 e. The number of rotatable bonds is 5. The van der Waals surface area contributed by atoms with E-state index < -0.39 is 11.0 Å². The molecule has 7 heteroatoms. The monoisotopic (exact) mass is 296 g/mol. The molecule has 1 heterocycles. The van der Waals surface area contributed by atoms with Crippen LogP contribution in [0.1, 0.15) is 24.4 Å². The summed E-state index contributed by atoms with van der Waals surface area (Å²) in [5.74, 6) is 0.934.